The van der Waals surface area contributed by atoms with E-state index in [1.165, 1.54) is 0 Å². The van der Waals surface area contributed by atoms with Crippen LogP contribution in [0.1, 0.15) is 12.8 Å². The molecule has 104 valence electrons. The molecule has 0 saturated carbocycles. The second-order valence-electron chi connectivity index (χ2n) is 3.79. The Kier molecular flexibility index (Phi) is 6.51. The average molecular weight is 274 g/mol. The Morgan fingerprint density at radius 2 is 1.95 bits per heavy atom. The first-order valence-electron chi connectivity index (χ1n) is 5.93. The molecule has 1 aromatic carbocycles. The smallest absolute Gasteiger partial charge is 0.330 e. The van der Waals surface area contributed by atoms with Crippen LogP contribution in [0, 0.1) is 0 Å². The number of hydrogen-bond donors (Lipinski definition) is 0. The monoisotopic (exact) mass is 274 g/mol. The van der Waals surface area contributed by atoms with Crippen molar-refractivity contribution in [2.45, 2.75) is 12.8 Å². The van der Waals surface area contributed by atoms with Crippen molar-refractivity contribution >= 4 is 17.9 Å². The van der Waals surface area contributed by atoms with Crippen molar-refractivity contribution in [3.05, 3.63) is 48.6 Å². The van der Waals surface area contributed by atoms with Crippen LogP contribution in [0.15, 0.2) is 48.6 Å². The highest BCUT2D eigenvalue weighted by molar-refractivity contribution is 5.81. The Morgan fingerprint density at radius 1 is 1.25 bits per heavy atom. The van der Waals surface area contributed by atoms with Gasteiger partial charge in [0.25, 0.3) is 0 Å². The molecule has 0 bridgehead atoms. The van der Waals surface area contributed by atoms with Crippen LogP contribution in [-0.4, -0.2) is 24.5 Å². The number of benzene rings is 1. The Hall–Kier alpha value is -2.65. The Morgan fingerprint density at radius 3 is 2.55 bits per heavy atom. The van der Waals surface area contributed by atoms with E-state index in [0.29, 0.717) is 5.75 Å². The van der Waals surface area contributed by atoms with Crippen LogP contribution >= 0.6 is 0 Å². The molecule has 1 rings (SSSR count). The standard InChI is InChI=1S/C15H14O5/c1-2-14(17)19-9-8-12(11-16)10-15(18)20-13-6-4-3-5-7-13/h2-7H,1,8-10H2. The zero-order chi connectivity index (χ0) is 14.8. The summed E-state index contributed by atoms with van der Waals surface area (Å²) < 4.78 is 9.75. The molecule has 0 aliphatic carbocycles. The Labute approximate surface area is 116 Å². The molecule has 0 unspecified atom stereocenters. The molecule has 0 spiro atoms. The molecule has 0 atom stereocenters. The predicted octanol–water partition coefficient (Wildman–Crippen LogP) is 1.86. The minimum Gasteiger partial charge on any atom is -0.462 e. The van der Waals surface area contributed by atoms with Crippen molar-refractivity contribution in [1.82, 2.24) is 0 Å². The molecule has 0 radical (unpaired) electrons. The number of hydrogen-bond acceptors (Lipinski definition) is 5. The summed E-state index contributed by atoms with van der Waals surface area (Å²) in [5, 5.41) is 0. The molecule has 0 amide bonds. The first kappa shape index (κ1) is 15.4. The van der Waals surface area contributed by atoms with Gasteiger partial charge in [0.05, 0.1) is 13.0 Å². The van der Waals surface area contributed by atoms with Gasteiger partial charge in [0.2, 0.25) is 0 Å². The van der Waals surface area contributed by atoms with Crippen molar-refractivity contribution in [3.63, 3.8) is 0 Å². The van der Waals surface area contributed by atoms with Crippen molar-refractivity contribution in [2.24, 2.45) is 0 Å². The highest BCUT2D eigenvalue weighted by Gasteiger charge is 2.10. The summed E-state index contributed by atoms with van der Waals surface area (Å²) in [5.74, 6) is 0.916. The van der Waals surface area contributed by atoms with E-state index in [4.69, 9.17) is 9.47 Å². The van der Waals surface area contributed by atoms with Crippen molar-refractivity contribution in [2.75, 3.05) is 6.61 Å². The Bertz CT molecular complexity index is 526. The highest BCUT2D eigenvalue weighted by atomic mass is 16.5. The molecule has 0 N–H and O–H groups in total. The first-order valence-corrected chi connectivity index (χ1v) is 5.93. The summed E-state index contributed by atoms with van der Waals surface area (Å²) in [5.41, 5.74) is 0.183. The van der Waals surface area contributed by atoms with Gasteiger partial charge >= 0.3 is 11.9 Å². The summed E-state index contributed by atoms with van der Waals surface area (Å²) in [6.07, 6.45) is 0.963. The van der Waals surface area contributed by atoms with Crippen molar-refractivity contribution in [1.29, 1.82) is 0 Å². The van der Waals surface area contributed by atoms with Crippen LogP contribution in [0.5, 0.6) is 5.75 Å². The largest absolute Gasteiger partial charge is 0.462 e. The second-order valence-corrected chi connectivity index (χ2v) is 3.79. The lowest BCUT2D eigenvalue weighted by Crippen LogP contribution is -2.11. The maximum Gasteiger partial charge on any atom is 0.330 e. The van der Waals surface area contributed by atoms with Crippen LogP contribution in [0.3, 0.4) is 0 Å². The van der Waals surface area contributed by atoms with Crippen LogP contribution in [0.2, 0.25) is 0 Å². The van der Waals surface area contributed by atoms with Gasteiger partial charge in [-0.05, 0) is 12.1 Å². The van der Waals surface area contributed by atoms with Gasteiger partial charge in [-0.1, -0.05) is 24.8 Å². The van der Waals surface area contributed by atoms with E-state index in [0.717, 1.165) is 6.08 Å². The van der Waals surface area contributed by atoms with E-state index in [9.17, 15) is 14.4 Å². The minimum atomic E-state index is -0.581. The van der Waals surface area contributed by atoms with Crippen molar-refractivity contribution < 1.29 is 23.9 Å². The number of esters is 2. The van der Waals surface area contributed by atoms with Gasteiger partial charge in [0.1, 0.15) is 11.7 Å². The molecule has 5 heteroatoms. The van der Waals surface area contributed by atoms with Gasteiger partial charge in [-0.2, -0.15) is 0 Å². The highest BCUT2D eigenvalue weighted by Crippen LogP contribution is 2.11. The molecule has 0 saturated heterocycles. The van der Waals surface area contributed by atoms with E-state index in [-0.39, 0.29) is 25.0 Å². The lowest BCUT2D eigenvalue weighted by molar-refractivity contribution is -0.137. The first-order chi connectivity index (χ1) is 9.65. The molecule has 5 nitrogen and oxygen atoms in total. The van der Waals surface area contributed by atoms with E-state index >= 15 is 0 Å². The third-order valence-corrected chi connectivity index (χ3v) is 2.29. The predicted molar refractivity (Wildman–Crippen MR) is 71.7 cm³/mol. The van der Waals surface area contributed by atoms with Gasteiger partial charge < -0.3 is 9.47 Å². The third-order valence-electron chi connectivity index (χ3n) is 2.29. The maximum atomic E-state index is 11.6. The summed E-state index contributed by atoms with van der Waals surface area (Å²) in [7, 11) is 0. The SMILES string of the molecule is C=CC(=O)OCCC(=C=O)CC(=O)Oc1ccccc1. The lowest BCUT2D eigenvalue weighted by Gasteiger charge is -2.05. The molecule has 0 aromatic heterocycles. The van der Waals surface area contributed by atoms with Crippen LogP contribution in [0.25, 0.3) is 0 Å². The summed E-state index contributed by atoms with van der Waals surface area (Å²) >= 11 is 0. The normalized spacial score (nSPS) is 9.20. The van der Waals surface area contributed by atoms with Gasteiger partial charge in [-0.3, -0.25) is 4.79 Å². The van der Waals surface area contributed by atoms with E-state index in [2.05, 4.69) is 6.58 Å². The van der Waals surface area contributed by atoms with Gasteiger partial charge in [0.15, 0.2) is 0 Å². The minimum absolute atomic E-state index is 0.00591. The van der Waals surface area contributed by atoms with E-state index < -0.39 is 11.9 Å². The van der Waals surface area contributed by atoms with E-state index in [1.807, 2.05) is 0 Å². The number of para-hydroxylation sites is 1. The van der Waals surface area contributed by atoms with Gasteiger partial charge in [0, 0.05) is 18.1 Å². The van der Waals surface area contributed by atoms with Crippen LogP contribution in [-0.2, 0) is 19.1 Å². The summed E-state index contributed by atoms with van der Waals surface area (Å²) in [4.78, 5) is 33.1. The maximum absolute atomic E-state index is 11.6. The molecule has 0 aliphatic rings. The van der Waals surface area contributed by atoms with Crippen LogP contribution < -0.4 is 4.74 Å². The second kappa shape index (κ2) is 8.45. The number of rotatable bonds is 7. The number of ether oxygens (including phenoxy) is 2. The molecule has 0 fully saturated rings. The topological polar surface area (TPSA) is 69.7 Å². The Balaban J connectivity index is 2.40. The zero-order valence-corrected chi connectivity index (χ0v) is 10.8. The average Bonchev–Trinajstić information content (AvgIpc) is 2.46. The molecule has 20 heavy (non-hydrogen) atoms. The fraction of sp³-hybridized carbons (Fsp3) is 0.200. The molecular weight excluding hydrogens is 260 g/mol. The summed E-state index contributed by atoms with van der Waals surface area (Å²) in [6.45, 7) is 3.24. The molecular formula is C15H14O5. The van der Waals surface area contributed by atoms with Gasteiger partial charge in [-0.25, -0.2) is 9.59 Å². The van der Waals surface area contributed by atoms with Gasteiger partial charge in [-0.15, -0.1) is 0 Å². The summed E-state index contributed by atoms with van der Waals surface area (Å²) in [6, 6.07) is 8.52. The fourth-order valence-electron chi connectivity index (χ4n) is 1.34. The zero-order valence-electron chi connectivity index (χ0n) is 10.8. The third kappa shape index (κ3) is 5.80. The number of carbonyl (C=O) groups excluding carboxylic acids is 3. The lowest BCUT2D eigenvalue weighted by atomic mass is 10.1. The van der Waals surface area contributed by atoms with Crippen LogP contribution in [0.4, 0.5) is 0 Å². The quantitative estimate of drug-likeness (QED) is 0.328. The van der Waals surface area contributed by atoms with Crippen molar-refractivity contribution in [3.8, 4) is 5.75 Å². The molecule has 1 aromatic rings. The fourth-order valence-corrected chi connectivity index (χ4v) is 1.34. The van der Waals surface area contributed by atoms with E-state index in [1.54, 1.807) is 36.3 Å². The molecule has 0 heterocycles. The number of carbonyl (C=O) groups is 2. The molecule has 0 aliphatic heterocycles.